The van der Waals surface area contributed by atoms with E-state index in [0.29, 0.717) is 12.2 Å². The molecule has 1 aromatic carbocycles. The van der Waals surface area contributed by atoms with Gasteiger partial charge in [0.1, 0.15) is 6.54 Å². The Kier molecular flexibility index (Phi) is 6.81. The molecule has 0 saturated carbocycles. The highest BCUT2D eigenvalue weighted by Crippen LogP contribution is 2.34. The number of methoxy groups -OCH3 is 1. The van der Waals surface area contributed by atoms with Crippen LogP contribution in [0.3, 0.4) is 0 Å². The Morgan fingerprint density at radius 3 is 2.53 bits per heavy atom. The number of nitrogens with one attached hydrogen (secondary N) is 1. The van der Waals surface area contributed by atoms with Gasteiger partial charge in [0.15, 0.2) is 5.75 Å². The minimum Gasteiger partial charge on any atom is -0.491 e. The van der Waals surface area contributed by atoms with Crippen LogP contribution < -0.4 is 15.5 Å². The molecular weight excluding hydrogens is 399 g/mol. The lowest BCUT2D eigenvalue weighted by atomic mass is 10.1. The highest BCUT2D eigenvalue weighted by molar-refractivity contribution is 5.91. The quantitative estimate of drug-likeness (QED) is 0.773. The summed E-state index contributed by atoms with van der Waals surface area (Å²) >= 11 is 0. The smallest absolute Gasteiger partial charge is 0.418 e. The molecule has 1 aliphatic rings. The van der Waals surface area contributed by atoms with E-state index in [1.165, 1.54) is 37.6 Å². The van der Waals surface area contributed by atoms with Crippen molar-refractivity contribution >= 4 is 11.6 Å². The number of hydrogen-bond donors (Lipinski definition) is 1. The second-order valence-corrected chi connectivity index (χ2v) is 7.25. The number of likely N-dealkylation sites (tertiary alicyclic amines) is 1. The number of rotatable bonds is 6. The van der Waals surface area contributed by atoms with E-state index in [0.717, 1.165) is 38.4 Å². The van der Waals surface area contributed by atoms with Crippen LogP contribution in [-0.2, 0) is 24.1 Å². The first kappa shape index (κ1) is 21.9. The van der Waals surface area contributed by atoms with Crippen molar-refractivity contribution in [3.05, 3.63) is 58.0 Å². The van der Waals surface area contributed by atoms with Crippen molar-refractivity contribution in [2.24, 2.45) is 0 Å². The lowest BCUT2D eigenvalue weighted by Gasteiger charge is -2.27. The molecule has 0 bridgehead atoms. The van der Waals surface area contributed by atoms with Gasteiger partial charge in [-0.05, 0) is 38.1 Å². The minimum atomic E-state index is -4.58. The zero-order chi connectivity index (χ0) is 21.7. The van der Waals surface area contributed by atoms with E-state index < -0.39 is 17.6 Å². The van der Waals surface area contributed by atoms with E-state index in [1.54, 1.807) is 4.57 Å². The Bertz CT molecular complexity index is 950. The van der Waals surface area contributed by atoms with Crippen LogP contribution >= 0.6 is 0 Å². The molecule has 9 heteroatoms. The standard InChI is InChI=1S/C21H24F3N3O3/c1-30-19-13-27(15(11-18(19)28)12-26-9-5-2-6-10-26)14-20(29)25-17-8-4-3-7-16(17)21(22,23)24/h3-4,7-8,11,13H,2,5-6,9-10,12,14H2,1H3,(H,25,29). The average molecular weight is 423 g/mol. The molecule has 0 radical (unpaired) electrons. The van der Waals surface area contributed by atoms with Crippen molar-refractivity contribution in [1.82, 2.24) is 9.47 Å². The summed E-state index contributed by atoms with van der Waals surface area (Å²) < 4.78 is 46.2. The summed E-state index contributed by atoms with van der Waals surface area (Å²) in [5, 5.41) is 2.34. The summed E-state index contributed by atoms with van der Waals surface area (Å²) in [6.45, 7) is 2.02. The van der Waals surface area contributed by atoms with Gasteiger partial charge in [-0.15, -0.1) is 0 Å². The van der Waals surface area contributed by atoms with Crippen LogP contribution in [0.25, 0.3) is 0 Å². The molecule has 1 N–H and O–H groups in total. The summed E-state index contributed by atoms with van der Waals surface area (Å²) in [6, 6.07) is 6.24. The number of aromatic nitrogens is 1. The maximum atomic E-state index is 13.2. The molecule has 1 amide bonds. The average Bonchev–Trinajstić information content (AvgIpc) is 2.70. The summed E-state index contributed by atoms with van der Waals surface area (Å²) in [5.41, 5.74) is -0.907. The molecule has 162 valence electrons. The van der Waals surface area contributed by atoms with Gasteiger partial charge in [0.25, 0.3) is 0 Å². The van der Waals surface area contributed by atoms with Gasteiger partial charge in [0.2, 0.25) is 11.3 Å². The molecule has 1 aliphatic heterocycles. The minimum absolute atomic E-state index is 0.0703. The van der Waals surface area contributed by atoms with Crippen LogP contribution in [0.2, 0.25) is 0 Å². The number of benzene rings is 1. The molecule has 1 saturated heterocycles. The van der Waals surface area contributed by atoms with Crippen LogP contribution in [0.1, 0.15) is 30.5 Å². The number of anilines is 1. The van der Waals surface area contributed by atoms with Crippen LogP contribution in [0.15, 0.2) is 41.3 Å². The predicted molar refractivity (Wildman–Crippen MR) is 106 cm³/mol. The van der Waals surface area contributed by atoms with Crippen LogP contribution in [0, 0.1) is 0 Å². The van der Waals surface area contributed by atoms with Gasteiger partial charge in [0.05, 0.1) is 24.6 Å². The lowest BCUT2D eigenvalue weighted by molar-refractivity contribution is -0.137. The Balaban J connectivity index is 1.82. The predicted octanol–water partition coefficient (Wildman–Crippen LogP) is 3.50. The topological polar surface area (TPSA) is 63.6 Å². The van der Waals surface area contributed by atoms with Crippen molar-refractivity contribution in [2.45, 2.75) is 38.5 Å². The fourth-order valence-corrected chi connectivity index (χ4v) is 3.56. The molecule has 3 rings (SSSR count). The summed E-state index contributed by atoms with van der Waals surface area (Å²) in [6.07, 6.45) is 0.137. The van der Waals surface area contributed by atoms with Gasteiger partial charge < -0.3 is 14.6 Å². The third kappa shape index (κ3) is 5.41. The third-order valence-electron chi connectivity index (χ3n) is 5.06. The van der Waals surface area contributed by atoms with E-state index in [2.05, 4.69) is 10.2 Å². The third-order valence-corrected chi connectivity index (χ3v) is 5.06. The number of halogens is 3. The number of alkyl halides is 3. The first-order valence-electron chi connectivity index (χ1n) is 9.73. The largest absolute Gasteiger partial charge is 0.491 e. The zero-order valence-electron chi connectivity index (χ0n) is 16.7. The SMILES string of the molecule is COc1cn(CC(=O)Nc2ccccc2C(F)(F)F)c(CN2CCCCC2)cc1=O. The molecule has 30 heavy (non-hydrogen) atoms. The van der Waals surface area contributed by atoms with E-state index in [9.17, 15) is 22.8 Å². The van der Waals surface area contributed by atoms with E-state index in [-0.39, 0.29) is 23.4 Å². The maximum Gasteiger partial charge on any atom is 0.418 e. The number of nitrogens with zero attached hydrogens (tertiary/aromatic N) is 2. The normalized spacial score (nSPS) is 15.1. The lowest BCUT2D eigenvalue weighted by Crippen LogP contribution is -2.32. The maximum absolute atomic E-state index is 13.2. The molecule has 6 nitrogen and oxygen atoms in total. The highest BCUT2D eigenvalue weighted by atomic mass is 19.4. The first-order chi connectivity index (χ1) is 14.3. The number of carbonyl (C=O) groups excluding carboxylic acids is 1. The Morgan fingerprint density at radius 1 is 1.17 bits per heavy atom. The van der Waals surface area contributed by atoms with Crippen molar-refractivity contribution < 1.29 is 22.7 Å². The Labute approximate surface area is 172 Å². The summed E-state index contributed by atoms with van der Waals surface area (Å²) in [4.78, 5) is 27.0. The molecule has 2 heterocycles. The monoisotopic (exact) mass is 423 g/mol. The van der Waals surface area contributed by atoms with Crippen molar-refractivity contribution in [1.29, 1.82) is 0 Å². The van der Waals surface area contributed by atoms with Crippen molar-refractivity contribution in [2.75, 3.05) is 25.5 Å². The number of amides is 1. The van der Waals surface area contributed by atoms with Gasteiger partial charge in [-0.2, -0.15) is 13.2 Å². The first-order valence-corrected chi connectivity index (χ1v) is 9.73. The van der Waals surface area contributed by atoms with Crippen LogP contribution in [0.4, 0.5) is 18.9 Å². The molecule has 0 spiro atoms. The van der Waals surface area contributed by atoms with Gasteiger partial charge in [0, 0.05) is 18.3 Å². The molecule has 2 aromatic rings. The van der Waals surface area contributed by atoms with E-state index >= 15 is 0 Å². The van der Waals surface area contributed by atoms with Gasteiger partial charge in [-0.1, -0.05) is 18.6 Å². The van der Waals surface area contributed by atoms with Crippen molar-refractivity contribution in [3.8, 4) is 5.75 Å². The Hall–Kier alpha value is -2.81. The summed E-state index contributed by atoms with van der Waals surface area (Å²) in [5.74, 6) is -0.557. The number of pyridine rings is 1. The Morgan fingerprint density at radius 2 is 1.87 bits per heavy atom. The molecule has 0 unspecified atom stereocenters. The van der Waals surface area contributed by atoms with Crippen LogP contribution in [-0.4, -0.2) is 35.6 Å². The fourth-order valence-electron chi connectivity index (χ4n) is 3.56. The van der Waals surface area contributed by atoms with Crippen LogP contribution in [0.5, 0.6) is 5.75 Å². The van der Waals surface area contributed by atoms with E-state index in [4.69, 9.17) is 4.74 Å². The number of piperidine rings is 1. The number of para-hydroxylation sites is 1. The zero-order valence-corrected chi connectivity index (χ0v) is 16.7. The highest BCUT2D eigenvalue weighted by Gasteiger charge is 2.33. The second-order valence-electron chi connectivity index (χ2n) is 7.25. The summed E-state index contributed by atoms with van der Waals surface area (Å²) in [7, 11) is 1.35. The molecule has 1 aromatic heterocycles. The van der Waals surface area contributed by atoms with Gasteiger partial charge >= 0.3 is 6.18 Å². The fraction of sp³-hybridized carbons (Fsp3) is 0.429. The molecule has 1 fully saturated rings. The van der Waals surface area contributed by atoms with Gasteiger partial charge in [-0.25, -0.2) is 0 Å². The number of carbonyl (C=O) groups is 1. The second kappa shape index (κ2) is 9.34. The molecular formula is C21H24F3N3O3. The number of hydrogen-bond acceptors (Lipinski definition) is 4. The van der Waals surface area contributed by atoms with Crippen molar-refractivity contribution in [3.63, 3.8) is 0 Å². The molecule has 0 aliphatic carbocycles. The number of ether oxygens (including phenoxy) is 1. The van der Waals surface area contributed by atoms with Gasteiger partial charge in [-0.3, -0.25) is 14.5 Å². The molecule has 0 atom stereocenters. The van der Waals surface area contributed by atoms with E-state index in [1.807, 2.05) is 0 Å².